The highest BCUT2D eigenvalue weighted by molar-refractivity contribution is 9.10. The number of aliphatic hydroxyl groups is 1. The summed E-state index contributed by atoms with van der Waals surface area (Å²) in [5, 5.41) is 15.7. The maximum atomic E-state index is 13.4. The minimum absolute atomic E-state index is 0.00719. The van der Waals surface area contributed by atoms with E-state index in [-0.39, 0.29) is 15.6 Å². The van der Waals surface area contributed by atoms with Gasteiger partial charge in [0.15, 0.2) is 0 Å². The average Bonchev–Trinajstić information content (AvgIpc) is 3.15. The molecular weight excluding hydrogens is 409 g/mol. The van der Waals surface area contributed by atoms with E-state index in [9.17, 15) is 23.1 Å². The Hall–Kier alpha value is -1.71. The third-order valence-corrected chi connectivity index (χ3v) is 4.93. The minimum atomic E-state index is -5.04. The molecule has 126 valence electrons. The number of alkyl halides is 3. The molecule has 1 aliphatic heterocycles. The highest BCUT2D eigenvalue weighted by Crippen LogP contribution is 2.42. The lowest BCUT2D eigenvalue weighted by Crippen LogP contribution is -2.56. The molecule has 9 heteroatoms. The van der Waals surface area contributed by atoms with E-state index in [1.54, 1.807) is 35.7 Å². The summed E-state index contributed by atoms with van der Waals surface area (Å²) in [6.07, 6.45) is -5.87. The zero-order valence-electron chi connectivity index (χ0n) is 11.9. The standard InChI is InChI=1S/C15H10BrF3N2O2S/c16-10-5-3-9(4-6-10)11-8-14(23,15(17,18)19)21(20-11)13(22)12-2-1-7-24-12/h1-7,23H,8H2/t14-/m1/s1. The molecule has 0 saturated heterocycles. The fourth-order valence-corrected chi connectivity index (χ4v) is 3.20. The van der Waals surface area contributed by atoms with E-state index in [1.807, 2.05) is 0 Å². The van der Waals surface area contributed by atoms with Crippen molar-refractivity contribution in [1.82, 2.24) is 5.01 Å². The predicted octanol–water partition coefficient (Wildman–Crippen LogP) is 4.01. The molecule has 0 saturated carbocycles. The smallest absolute Gasteiger partial charge is 0.362 e. The molecule has 1 N–H and O–H groups in total. The van der Waals surface area contributed by atoms with E-state index >= 15 is 0 Å². The second-order valence-corrected chi connectivity index (χ2v) is 7.00. The molecular formula is C15H10BrF3N2O2S. The van der Waals surface area contributed by atoms with Crippen LogP contribution in [0.4, 0.5) is 13.2 Å². The van der Waals surface area contributed by atoms with Gasteiger partial charge in [0.25, 0.3) is 11.6 Å². The second-order valence-electron chi connectivity index (χ2n) is 5.14. The molecule has 3 rings (SSSR count). The van der Waals surface area contributed by atoms with Gasteiger partial charge in [-0.2, -0.15) is 23.3 Å². The summed E-state index contributed by atoms with van der Waals surface area (Å²) in [6.45, 7) is 0. The Balaban J connectivity index is 2.03. The molecule has 4 nitrogen and oxygen atoms in total. The Morgan fingerprint density at radius 2 is 1.96 bits per heavy atom. The molecule has 0 unspecified atom stereocenters. The zero-order valence-corrected chi connectivity index (χ0v) is 14.3. The van der Waals surface area contributed by atoms with Crippen LogP contribution in [0.25, 0.3) is 0 Å². The SMILES string of the molecule is O=C(c1cccs1)N1N=C(c2ccc(Br)cc2)C[C@@]1(O)C(F)(F)F. The van der Waals surface area contributed by atoms with E-state index in [0.717, 1.165) is 15.8 Å². The summed E-state index contributed by atoms with van der Waals surface area (Å²) in [5.41, 5.74) is -2.97. The fourth-order valence-electron chi connectivity index (χ4n) is 2.29. The topological polar surface area (TPSA) is 52.9 Å². The van der Waals surface area contributed by atoms with Gasteiger partial charge in [-0.05, 0) is 29.1 Å². The number of hydrogen-bond donors (Lipinski definition) is 1. The monoisotopic (exact) mass is 418 g/mol. The van der Waals surface area contributed by atoms with Gasteiger partial charge >= 0.3 is 6.18 Å². The maximum absolute atomic E-state index is 13.4. The third kappa shape index (κ3) is 2.87. The molecule has 0 aliphatic carbocycles. The molecule has 2 aromatic rings. The molecule has 1 atom stereocenters. The van der Waals surface area contributed by atoms with Gasteiger partial charge in [0.1, 0.15) is 0 Å². The van der Waals surface area contributed by atoms with E-state index in [4.69, 9.17) is 0 Å². The lowest BCUT2D eigenvalue weighted by atomic mass is 10.0. The van der Waals surface area contributed by atoms with Crippen molar-refractivity contribution in [2.24, 2.45) is 5.10 Å². The van der Waals surface area contributed by atoms with E-state index in [2.05, 4.69) is 21.0 Å². The first kappa shape index (κ1) is 17.1. The largest absolute Gasteiger partial charge is 0.438 e. The Bertz CT molecular complexity index is 790. The predicted molar refractivity (Wildman–Crippen MR) is 86.8 cm³/mol. The van der Waals surface area contributed by atoms with Crippen LogP contribution in [-0.4, -0.2) is 33.6 Å². The fraction of sp³-hybridized carbons (Fsp3) is 0.200. The first-order valence-electron chi connectivity index (χ1n) is 6.73. The second kappa shape index (κ2) is 5.98. The van der Waals surface area contributed by atoms with E-state index < -0.39 is 24.2 Å². The molecule has 0 fully saturated rings. The van der Waals surface area contributed by atoms with Crippen molar-refractivity contribution >= 4 is 38.9 Å². The van der Waals surface area contributed by atoms with Crippen LogP contribution in [0.1, 0.15) is 21.7 Å². The number of hydrogen-bond acceptors (Lipinski definition) is 4. The maximum Gasteiger partial charge on any atom is 0.438 e. The van der Waals surface area contributed by atoms with Crippen LogP contribution < -0.4 is 0 Å². The number of nitrogens with zero attached hydrogens (tertiary/aromatic N) is 2. The van der Waals surface area contributed by atoms with Crippen molar-refractivity contribution < 1.29 is 23.1 Å². The van der Waals surface area contributed by atoms with Crippen molar-refractivity contribution in [3.63, 3.8) is 0 Å². The molecule has 2 heterocycles. The molecule has 24 heavy (non-hydrogen) atoms. The van der Waals surface area contributed by atoms with Crippen molar-refractivity contribution in [3.8, 4) is 0 Å². The van der Waals surface area contributed by atoms with Gasteiger partial charge in [0, 0.05) is 4.47 Å². The Kier molecular flexibility index (Phi) is 4.27. The summed E-state index contributed by atoms with van der Waals surface area (Å²) in [6, 6.07) is 9.36. The number of benzene rings is 1. The van der Waals surface area contributed by atoms with Gasteiger partial charge in [-0.1, -0.05) is 34.1 Å². The lowest BCUT2D eigenvalue weighted by molar-refractivity contribution is -0.297. The highest BCUT2D eigenvalue weighted by Gasteiger charge is 2.63. The van der Waals surface area contributed by atoms with Gasteiger partial charge in [-0.25, -0.2) is 0 Å². The van der Waals surface area contributed by atoms with Crippen LogP contribution in [0.2, 0.25) is 0 Å². The van der Waals surface area contributed by atoms with Gasteiger partial charge in [-0.15, -0.1) is 11.3 Å². The Morgan fingerprint density at radius 3 is 2.50 bits per heavy atom. The van der Waals surface area contributed by atoms with Crippen LogP contribution in [0, 0.1) is 0 Å². The number of amides is 1. The molecule has 1 aliphatic rings. The number of carbonyl (C=O) groups is 1. The normalized spacial score (nSPS) is 21.0. The first-order valence-corrected chi connectivity index (χ1v) is 8.40. The molecule has 1 aromatic carbocycles. The van der Waals surface area contributed by atoms with E-state index in [1.165, 1.54) is 6.07 Å². The number of carbonyl (C=O) groups excluding carboxylic acids is 1. The van der Waals surface area contributed by atoms with Crippen LogP contribution in [0.5, 0.6) is 0 Å². The van der Waals surface area contributed by atoms with Crippen molar-refractivity contribution in [1.29, 1.82) is 0 Å². The summed E-state index contributed by atoms with van der Waals surface area (Å²) in [7, 11) is 0. The number of hydrazone groups is 1. The van der Waals surface area contributed by atoms with Crippen LogP contribution in [-0.2, 0) is 0 Å². The van der Waals surface area contributed by atoms with Gasteiger partial charge in [0.2, 0.25) is 0 Å². The van der Waals surface area contributed by atoms with Crippen molar-refractivity contribution in [2.45, 2.75) is 18.3 Å². The van der Waals surface area contributed by atoms with E-state index in [0.29, 0.717) is 5.56 Å². The van der Waals surface area contributed by atoms with Crippen LogP contribution in [0.3, 0.4) is 0 Å². The Labute approximate surface area is 147 Å². The van der Waals surface area contributed by atoms with Crippen molar-refractivity contribution in [3.05, 3.63) is 56.7 Å². The molecule has 0 bridgehead atoms. The summed E-state index contributed by atoms with van der Waals surface area (Å²) in [4.78, 5) is 12.4. The molecule has 1 amide bonds. The summed E-state index contributed by atoms with van der Waals surface area (Å²) < 4.78 is 41.0. The molecule has 1 aromatic heterocycles. The third-order valence-electron chi connectivity index (χ3n) is 3.54. The number of halogens is 4. The molecule has 0 spiro atoms. The molecule has 0 radical (unpaired) electrons. The van der Waals surface area contributed by atoms with Gasteiger partial charge in [0.05, 0.1) is 17.0 Å². The van der Waals surface area contributed by atoms with Gasteiger partial charge < -0.3 is 5.11 Å². The van der Waals surface area contributed by atoms with Crippen LogP contribution >= 0.6 is 27.3 Å². The number of rotatable bonds is 2. The Morgan fingerprint density at radius 1 is 1.29 bits per heavy atom. The lowest BCUT2D eigenvalue weighted by Gasteiger charge is -2.32. The van der Waals surface area contributed by atoms with Crippen molar-refractivity contribution in [2.75, 3.05) is 0 Å². The average molecular weight is 419 g/mol. The minimum Gasteiger partial charge on any atom is -0.362 e. The summed E-state index contributed by atoms with van der Waals surface area (Å²) >= 11 is 4.22. The van der Waals surface area contributed by atoms with Crippen LogP contribution in [0.15, 0.2) is 51.4 Å². The number of thiophene rings is 1. The summed E-state index contributed by atoms with van der Waals surface area (Å²) in [5.74, 6) is -0.989. The first-order chi connectivity index (χ1) is 11.2. The quantitative estimate of drug-likeness (QED) is 0.800. The highest BCUT2D eigenvalue weighted by atomic mass is 79.9. The van der Waals surface area contributed by atoms with Gasteiger partial charge in [-0.3, -0.25) is 4.79 Å². The zero-order chi connectivity index (χ0) is 17.5.